The number of hydrogen-bond donors (Lipinski definition) is 3. The average molecular weight is 416 g/mol. The number of amides is 1. The zero-order valence-electron chi connectivity index (χ0n) is 14.8. The number of nitrogens with two attached hydrogens (primary N) is 1. The number of nitrogens with one attached hydrogen (secondary N) is 1. The van der Waals surface area contributed by atoms with Crippen molar-refractivity contribution in [3.8, 4) is 0 Å². The maximum absolute atomic E-state index is 14.1. The van der Waals surface area contributed by atoms with Crippen LogP contribution in [0.4, 0.5) is 8.78 Å². The van der Waals surface area contributed by atoms with E-state index in [0.29, 0.717) is 25.6 Å². The molecule has 2 aromatic rings. The smallest absolute Gasteiger partial charge is 0.273 e. The van der Waals surface area contributed by atoms with Crippen LogP contribution in [-0.2, 0) is 16.7 Å². The molecular weight excluding hydrogens is 398 g/mol. The molecule has 0 saturated heterocycles. The lowest BCUT2D eigenvalue weighted by Crippen LogP contribution is -2.25. The molecule has 3 rings (SSSR count). The highest BCUT2D eigenvalue weighted by Crippen LogP contribution is 2.31. The first kappa shape index (κ1) is 21.4. The fraction of sp³-hybridized carbons (Fsp3) is 0.312. The highest BCUT2D eigenvalue weighted by molar-refractivity contribution is 7.85. The number of nitrogens with zero attached hydrogens (tertiary/aromatic N) is 2. The molecular formula is C16H18F2N4O5S. The summed E-state index contributed by atoms with van der Waals surface area (Å²) in [5, 5.41) is 5.42. The molecule has 0 fully saturated rings. The number of aromatic nitrogens is 1. The Hall–Kier alpha value is -2.86. The number of ketones is 1. The van der Waals surface area contributed by atoms with Gasteiger partial charge in [-0.2, -0.15) is 13.5 Å². The van der Waals surface area contributed by atoms with Crippen molar-refractivity contribution < 1.29 is 31.3 Å². The Labute approximate surface area is 158 Å². The summed E-state index contributed by atoms with van der Waals surface area (Å²) in [4.78, 5) is 24.4. The largest absolute Gasteiger partial charge is 0.336 e. The minimum atomic E-state index is -3.67. The molecule has 0 atom stereocenters. The minimum Gasteiger partial charge on any atom is -0.336 e. The van der Waals surface area contributed by atoms with Crippen LogP contribution in [0.5, 0.6) is 0 Å². The van der Waals surface area contributed by atoms with E-state index in [0.717, 1.165) is 12.4 Å². The van der Waals surface area contributed by atoms with E-state index in [-0.39, 0.29) is 34.4 Å². The van der Waals surface area contributed by atoms with Crippen LogP contribution in [0.1, 0.15) is 40.1 Å². The van der Waals surface area contributed by atoms with Gasteiger partial charge < -0.3 is 15.7 Å². The molecule has 9 nitrogen and oxygen atoms in total. The first-order valence-electron chi connectivity index (χ1n) is 8.04. The zero-order valence-corrected chi connectivity index (χ0v) is 15.6. The van der Waals surface area contributed by atoms with Crippen LogP contribution in [-0.4, -0.2) is 41.8 Å². The SMILES string of the molecule is CS(=O)(=O)O.NN=CNC(=O)c1cc2c(F)c(F)cc3c2n1CCCCC3=O. The fourth-order valence-corrected chi connectivity index (χ4v) is 2.89. The summed E-state index contributed by atoms with van der Waals surface area (Å²) < 4.78 is 55.3. The lowest BCUT2D eigenvalue weighted by Gasteiger charge is -2.15. The van der Waals surface area contributed by atoms with Crippen molar-refractivity contribution in [3.63, 3.8) is 0 Å². The van der Waals surface area contributed by atoms with Gasteiger partial charge in [-0.15, -0.1) is 0 Å². The van der Waals surface area contributed by atoms with Crippen molar-refractivity contribution in [1.29, 1.82) is 0 Å². The first-order valence-corrected chi connectivity index (χ1v) is 9.89. The van der Waals surface area contributed by atoms with Gasteiger partial charge in [0.25, 0.3) is 16.0 Å². The van der Waals surface area contributed by atoms with Crippen LogP contribution in [0.25, 0.3) is 10.9 Å². The van der Waals surface area contributed by atoms with Gasteiger partial charge in [0.15, 0.2) is 17.4 Å². The van der Waals surface area contributed by atoms with Crippen LogP contribution in [0.15, 0.2) is 17.2 Å². The lowest BCUT2D eigenvalue weighted by atomic mass is 10.0. The Balaban J connectivity index is 0.000000500. The summed E-state index contributed by atoms with van der Waals surface area (Å²) in [6.07, 6.45) is 3.25. The second-order valence-electron chi connectivity index (χ2n) is 6.03. The monoisotopic (exact) mass is 416 g/mol. The van der Waals surface area contributed by atoms with Gasteiger partial charge in [0.1, 0.15) is 12.0 Å². The number of benzene rings is 1. The second-order valence-corrected chi connectivity index (χ2v) is 7.49. The van der Waals surface area contributed by atoms with Crippen molar-refractivity contribution >= 4 is 39.1 Å². The molecule has 1 aliphatic rings. The molecule has 1 aromatic heterocycles. The zero-order chi connectivity index (χ0) is 21.1. The van der Waals surface area contributed by atoms with E-state index < -0.39 is 27.7 Å². The third-order valence-corrected chi connectivity index (χ3v) is 3.91. The molecule has 12 heteroatoms. The molecule has 2 heterocycles. The van der Waals surface area contributed by atoms with Crippen molar-refractivity contribution in [2.45, 2.75) is 25.8 Å². The summed E-state index contributed by atoms with van der Waals surface area (Å²) in [5.41, 5.74) is 0.480. The van der Waals surface area contributed by atoms with Crippen molar-refractivity contribution in [3.05, 3.63) is 35.0 Å². The van der Waals surface area contributed by atoms with E-state index >= 15 is 0 Å². The van der Waals surface area contributed by atoms with E-state index in [1.165, 1.54) is 6.07 Å². The van der Waals surface area contributed by atoms with Gasteiger partial charge in [0, 0.05) is 23.9 Å². The standard InChI is InChI=1S/C15H14F2N4O2.CH4O3S/c16-10-5-8-12(22)3-1-2-4-21-11(15(23)19-7-20-18)6-9(13(10)17)14(8)21;1-5(2,3)4/h5-7H,1-4,18H2,(H,19,20,23);1H3,(H,2,3,4). The Bertz CT molecular complexity index is 1050. The quantitative estimate of drug-likeness (QED) is 0.222. The van der Waals surface area contributed by atoms with Crippen molar-refractivity contribution in [2.24, 2.45) is 10.9 Å². The third-order valence-electron chi connectivity index (χ3n) is 3.91. The molecule has 0 radical (unpaired) electrons. The molecule has 1 aliphatic heterocycles. The van der Waals surface area contributed by atoms with Crippen LogP contribution < -0.4 is 11.2 Å². The molecule has 0 bridgehead atoms. The van der Waals surface area contributed by atoms with Crippen LogP contribution in [0.2, 0.25) is 0 Å². The summed E-state index contributed by atoms with van der Waals surface area (Å²) in [7, 11) is -3.67. The molecule has 152 valence electrons. The van der Waals surface area contributed by atoms with Crippen molar-refractivity contribution in [2.75, 3.05) is 6.26 Å². The highest BCUT2D eigenvalue weighted by atomic mass is 32.2. The first-order chi connectivity index (χ1) is 13.0. The number of rotatable bonds is 2. The molecule has 0 saturated carbocycles. The minimum absolute atomic E-state index is 0.0786. The van der Waals surface area contributed by atoms with Crippen molar-refractivity contribution in [1.82, 2.24) is 9.88 Å². The van der Waals surface area contributed by atoms with E-state index in [1.54, 1.807) is 4.57 Å². The van der Waals surface area contributed by atoms with Crippen LogP contribution in [0, 0.1) is 11.6 Å². The fourth-order valence-electron chi connectivity index (χ4n) is 2.89. The number of Topliss-reactive ketones (excluding diaryl/α,β-unsaturated/α-hetero) is 1. The summed E-state index contributed by atoms with van der Waals surface area (Å²) in [6, 6.07) is 2.15. The Morgan fingerprint density at radius 2 is 2.00 bits per heavy atom. The van der Waals surface area contributed by atoms with Gasteiger partial charge in [-0.25, -0.2) is 8.78 Å². The topological polar surface area (TPSA) is 144 Å². The maximum Gasteiger partial charge on any atom is 0.273 e. The Morgan fingerprint density at radius 1 is 1.36 bits per heavy atom. The van der Waals surface area contributed by atoms with Crippen LogP contribution >= 0.6 is 0 Å². The van der Waals surface area contributed by atoms with Gasteiger partial charge in [0.2, 0.25) is 0 Å². The predicted octanol–water partition coefficient (Wildman–Crippen LogP) is 1.42. The van der Waals surface area contributed by atoms with E-state index in [2.05, 4.69) is 10.4 Å². The molecule has 28 heavy (non-hydrogen) atoms. The summed E-state index contributed by atoms with van der Waals surface area (Å²) >= 11 is 0. The normalized spacial score (nSPS) is 14.4. The van der Waals surface area contributed by atoms with Gasteiger partial charge in [-0.1, -0.05) is 0 Å². The Morgan fingerprint density at radius 3 is 2.61 bits per heavy atom. The number of hydrogen-bond acceptors (Lipinski definition) is 6. The predicted molar refractivity (Wildman–Crippen MR) is 97.7 cm³/mol. The molecule has 0 unspecified atom stereocenters. The van der Waals surface area contributed by atoms with Gasteiger partial charge in [0.05, 0.1) is 11.8 Å². The summed E-state index contributed by atoms with van der Waals surface area (Å²) in [5.74, 6) is 1.94. The Kier molecular flexibility index (Phi) is 6.46. The number of carbonyl (C=O) groups is 2. The molecule has 0 aliphatic carbocycles. The summed E-state index contributed by atoms with van der Waals surface area (Å²) in [6.45, 7) is 0.428. The van der Waals surface area contributed by atoms with E-state index in [4.69, 9.17) is 10.4 Å². The second kappa shape index (κ2) is 8.44. The maximum atomic E-state index is 14.1. The number of hydrazone groups is 1. The third kappa shape index (κ3) is 4.89. The van der Waals surface area contributed by atoms with Crippen LogP contribution in [0.3, 0.4) is 0 Å². The number of halogens is 2. The number of carbonyl (C=O) groups excluding carboxylic acids is 2. The van der Waals surface area contributed by atoms with Gasteiger partial charge in [-0.3, -0.25) is 14.1 Å². The number of aryl methyl sites for hydroxylation is 1. The molecule has 4 N–H and O–H groups in total. The van der Waals surface area contributed by atoms with E-state index in [9.17, 15) is 26.8 Å². The molecule has 1 amide bonds. The average Bonchev–Trinajstić information content (AvgIpc) is 2.96. The molecule has 0 spiro atoms. The molecule has 1 aromatic carbocycles. The highest BCUT2D eigenvalue weighted by Gasteiger charge is 2.25. The lowest BCUT2D eigenvalue weighted by molar-refractivity contribution is 0.0958. The van der Waals surface area contributed by atoms with Gasteiger partial charge >= 0.3 is 0 Å². The van der Waals surface area contributed by atoms with E-state index in [1.807, 2.05) is 0 Å². The van der Waals surface area contributed by atoms with Gasteiger partial charge in [-0.05, 0) is 25.0 Å².